The van der Waals surface area contributed by atoms with Crippen LogP contribution in [0.25, 0.3) is 0 Å². The monoisotopic (exact) mass is 462 g/mol. The number of amides is 2. The lowest BCUT2D eigenvalue weighted by Crippen LogP contribution is -2.79. The number of carbonyl (C=O) groups excluding carboxylic acids is 2. The zero-order valence-electron chi connectivity index (χ0n) is 20.4. The van der Waals surface area contributed by atoms with Crippen molar-refractivity contribution in [3.05, 3.63) is 35.9 Å². The predicted molar refractivity (Wildman–Crippen MR) is 128 cm³/mol. The second kappa shape index (κ2) is 8.04. The quantitative estimate of drug-likeness (QED) is 0.441. The number of ether oxygens (including phenoxy) is 1. The molecule has 2 heterocycles. The van der Waals surface area contributed by atoms with Crippen LogP contribution in [0.1, 0.15) is 39.3 Å². The van der Waals surface area contributed by atoms with Crippen molar-refractivity contribution in [3.8, 4) is 0 Å². The van der Waals surface area contributed by atoms with Crippen LogP contribution in [0.5, 0.6) is 0 Å². The third-order valence-corrected chi connectivity index (χ3v) is 13.5. The van der Waals surface area contributed by atoms with E-state index in [2.05, 4.69) is 60.4 Å². The zero-order chi connectivity index (χ0) is 23.4. The summed E-state index contributed by atoms with van der Waals surface area (Å²) in [5, 5.41) is 0.0631. The molecule has 2 fully saturated rings. The summed E-state index contributed by atoms with van der Waals surface area (Å²) in [6.07, 6.45) is -0.577. The summed E-state index contributed by atoms with van der Waals surface area (Å²) >= 11 is 0. The number of nitrogens with zero attached hydrogens (tertiary/aromatic N) is 2. The Bertz CT molecular complexity index is 832. The van der Waals surface area contributed by atoms with Crippen LogP contribution in [0, 0.1) is 0 Å². The average molecular weight is 463 g/mol. The summed E-state index contributed by atoms with van der Waals surface area (Å²) in [6, 6.07) is 8.87. The van der Waals surface area contributed by atoms with Crippen molar-refractivity contribution in [1.29, 1.82) is 0 Å². The highest BCUT2D eigenvalue weighted by Crippen LogP contribution is 2.43. The molecule has 0 N–H and O–H groups in total. The van der Waals surface area contributed by atoms with E-state index in [9.17, 15) is 9.59 Å². The summed E-state index contributed by atoms with van der Waals surface area (Å²) in [7, 11) is -4.01. The summed E-state index contributed by atoms with van der Waals surface area (Å²) in [4.78, 5) is 28.0. The van der Waals surface area contributed by atoms with Gasteiger partial charge < -0.3 is 13.7 Å². The molecule has 6 nitrogen and oxygen atoms in total. The fourth-order valence-electron chi connectivity index (χ4n) is 4.41. The number of hydrogen-bond donors (Lipinski definition) is 0. The largest absolute Gasteiger partial charge is 0.447 e. The molecule has 2 saturated heterocycles. The van der Waals surface area contributed by atoms with E-state index in [0.717, 1.165) is 5.56 Å². The van der Waals surface area contributed by atoms with Crippen LogP contribution in [0.15, 0.2) is 30.3 Å². The summed E-state index contributed by atoms with van der Waals surface area (Å²) in [6.45, 7) is 20.0. The van der Waals surface area contributed by atoms with Crippen LogP contribution in [0.3, 0.4) is 0 Å². The second-order valence-corrected chi connectivity index (χ2v) is 20.9. The van der Waals surface area contributed by atoms with Gasteiger partial charge in [-0.1, -0.05) is 70.7 Å². The van der Waals surface area contributed by atoms with Crippen LogP contribution in [-0.2, 0) is 14.0 Å². The van der Waals surface area contributed by atoms with E-state index in [1.807, 2.05) is 34.9 Å². The van der Waals surface area contributed by atoms with Gasteiger partial charge in [0, 0.05) is 0 Å². The fraction of sp³-hybridized carbons (Fsp3) is 0.652. The van der Waals surface area contributed by atoms with Crippen molar-refractivity contribution in [2.24, 2.45) is 0 Å². The maximum Gasteiger partial charge on any atom is 0.411 e. The van der Waals surface area contributed by atoms with Crippen LogP contribution >= 0.6 is 0 Å². The Morgan fingerprint density at radius 3 is 2.16 bits per heavy atom. The first kappa shape index (κ1) is 24.0. The van der Waals surface area contributed by atoms with E-state index in [4.69, 9.17) is 9.16 Å². The number of cyclic esters (lactones) is 1. The molecule has 0 saturated carbocycles. The zero-order valence-corrected chi connectivity index (χ0v) is 22.4. The van der Waals surface area contributed by atoms with Crippen molar-refractivity contribution in [2.75, 3.05) is 6.61 Å². The molecule has 2 amide bonds. The van der Waals surface area contributed by atoms with Crippen molar-refractivity contribution in [3.63, 3.8) is 0 Å². The maximum atomic E-state index is 13.5. The fourth-order valence-corrected chi connectivity index (χ4v) is 7.87. The van der Waals surface area contributed by atoms with Gasteiger partial charge in [-0.3, -0.25) is 9.69 Å². The van der Waals surface area contributed by atoms with E-state index >= 15 is 0 Å². The predicted octanol–water partition coefficient (Wildman–Crippen LogP) is 5.00. The molecule has 1 aromatic rings. The van der Waals surface area contributed by atoms with Gasteiger partial charge in [-0.05, 0) is 30.6 Å². The molecule has 2 aliphatic rings. The standard InChI is InChI=1S/C23H38N2O4Si2/c1-16(29-31(8,9)23(2,3)4)19-20(21(26)25(19)30(5,6)7)24-18(15-28-22(24)27)17-13-11-10-12-14-17/h10-14,16,18-20H,15H2,1-9H3/t16-,18+,19+,20+/m0/s1. The van der Waals surface area contributed by atoms with Crippen LogP contribution < -0.4 is 0 Å². The van der Waals surface area contributed by atoms with Crippen LogP contribution in [0.4, 0.5) is 4.79 Å². The van der Waals surface area contributed by atoms with Crippen LogP contribution in [0.2, 0.25) is 37.8 Å². The van der Waals surface area contributed by atoms with Crippen molar-refractivity contribution in [2.45, 2.75) is 89.7 Å². The van der Waals surface area contributed by atoms with E-state index in [0.29, 0.717) is 0 Å². The highest BCUT2D eigenvalue weighted by Gasteiger charge is 2.61. The molecule has 0 spiro atoms. The van der Waals surface area contributed by atoms with Crippen molar-refractivity contribution in [1.82, 2.24) is 9.47 Å². The van der Waals surface area contributed by atoms with E-state index in [1.165, 1.54) is 0 Å². The summed E-state index contributed by atoms with van der Waals surface area (Å²) < 4.78 is 14.2. The normalized spacial score (nSPS) is 26.0. The molecule has 172 valence electrons. The molecule has 3 rings (SSSR count). The molecule has 4 atom stereocenters. The van der Waals surface area contributed by atoms with Gasteiger partial charge in [0.15, 0.2) is 16.6 Å². The molecular weight excluding hydrogens is 424 g/mol. The SMILES string of the molecule is C[C@H](O[Si](C)(C)C(C)(C)C)[C@@H]1[C@@H](N2C(=O)OC[C@@H]2c2ccccc2)C(=O)N1[Si](C)(C)C. The molecule has 0 bridgehead atoms. The molecule has 2 aliphatic heterocycles. The minimum Gasteiger partial charge on any atom is -0.447 e. The van der Waals surface area contributed by atoms with Gasteiger partial charge >= 0.3 is 6.09 Å². The van der Waals surface area contributed by atoms with E-state index in [-0.39, 0.29) is 35.7 Å². The molecule has 1 aromatic carbocycles. The van der Waals surface area contributed by atoms with Gasteiger partial charge in [-0.25, -0.2) is 4.79 Å². The number of rotatable bonds is 6. The van der Waals surface area contributed by atoms with Gasteiger partial charge in [0.05, 0.1) is 18.2 Å². The summed E-state index contributed by atoms with van der Waals surface area (Å²) in [5.74, 6) is 0.0228. The van der Waals surface area contributed by atoms with E-state index < -0.39 is 28.7 Å². The first-order valence-corrected chi connectivity index (χ1v) is 17.5. The molecule has 0 aliphatic carbocycles. The number of β-lactam (4-membered cyclic amide) rings is 1. The Kier molecular flexibility index (Phi) is 6.23. The smallest absolute Gasteiger partial charge is 0.411 e. The third-order valence-electron chi connectivity index (χ3n) is 7.00. The number of benzene rings is 1. The van der Waals surface area contributed by atoms with Crippen molar-refractivity contribution < 1.29 is 18.8 Å². The Balaban J connectivity index is 1.96. The average Bonchev–Trinajstić information content (AvgIpc) is 2.99. The molecule has 8 heteroatoms. The van der Waals surface area contributed by atoms with Crippen LogP contribution in [-0.4, -0.2) is 62.8 Å². The molecule has 31 heavy (non-hydrogen) atoms. The molecular formula is C23H38N2O4Si2. The topological polar surface area (TPSA) is 59.1 Å². The Hall–Kier alpha value is -1.65. The highest BCUT2D eigenvalue weighted by atomic mass is 28.4. The Morgan fingerprint density at radius 2 is 1.65 bits per heavy atom. The van der Waals surface area contributed by atoms with Crippen molar-refractivity contribution >= 4 is 28.6 Å². The maximum absolute atomic E-state index is 13.5. The molecule has 0 unspecified atom stereocenters. The minimum absolute atomic E-state index is 0.0228. The van der Waals surface area contributed by atoms with Gasteiger partial charge in [0.2, 0.25) is 5.91 Å². The number of hydrogen-bond acceptors (Lipinski definition) is 4. The lowest BCUT2D eigenvalue weighted by atomic mass is 9.91. The summed E-state index contributed by atoms with van der Waals surface area (Å²) in [5.41, 5.74) is 0.990. The molecule has 0 radical (unpaired) electrons. The van der Waals surface area contributed by atoms with E-state index in [1.54, 1.807) is 4.90 Å². The lowest BCUT2D eigenvalue weighted by molar-refractivity contribution is -0.154. The Labute approximate surface area is 189 Å². The lowest BCUT2D eigenvalue weighted by Gasteiger charge is -2.58. The molecule has 0 aromatic heterocycles. The Morgan fingerprint density at radius 1 is 1.06 bits per heavy atom. The van der Waals surface area contributed by atoms with Gasteiger partial charge in [-0.2, -0.15) is 0 Å². The first-order chi connectivity index (χ1) is 14.2. The van der Waals surface area contributed by atoms with Gasteiger partial charge in [0.1, 0.15) is 12.6 Å². The second-order valence-electron chi connectivity index (χ2n) is 11.3. The minimum atomic E-state index is -2.05. The first-order valence-electron chi connectivity index (χ1n) is 11.2. The van der Waals surface area contributed by atoms with Gasteiger partial charge in [-0.15, -0.1) is 0 Å². The highest BCUT2D eigenvalue weighted by molar-refractivity contribution is 6.76. The number of carbonyl (C=O) groups is 2. The van der Waals surface area contributed by atoms with Gasteiger partial charge in [0.25, 0.3) is 0 Å². The third kappa shape index (κ3) is 4.34.